The molecule has 2 rings (SSSR count). The van der Waals surface area contributed by atoms with Gasteiger partial charge < -0.3 is 0 Å². The zero-order valence-corrected chi connectivity index (χ0v) is 13.8. The molecular weight excluding hydrogens is 450 g/mol. The Kier molecular flexibility index (Phi) is 4.41. The number of sulfonamides is 1. The van der Waals surface area contributed by atoms with Gasteiger partial charge in [0.25, 0.3) is 10.0 Å². The van der Waals surface area contributed by atoms with E-state index in [4.69, 9.17) is 0 Å². The Bertz CT molecular complexity index is 724. The topological polar surface area (TPSA) is 59.1 Å². The number of rotatable bonds is 3. The largest absolute Gasteiger partial charge is 0.279 e. The molecule has 0 aliphatic carbocycles. The quantitative estimate of drug-likeness (QED) is 0.720. The predicted molar refractivity (Wildman–Crippen MR) is 81.9 cm³/mol. The molecule has 1 aromatic carbocycles. The number of nitrogens with one attached hydrogen (secondary N) is 1. The summed E-state index contributed by atoms with van der Waals surface area (Å²) >= 11 is 5.02. The molecule has 1 aromatic heterocycles. The zero-order valence-electron chi connectivity index (χ0n) is 9.27. The molecule has 1 N–H and O–H groups in total. The highest BCUT2D eigenvalue weighted by Crippen LogP contribution is 2.23. The lowest BCUT2D eigenvalue weighted by Crippen LogP contribution is -2.14. The molecule has 0 fully saturated rings. The summed E-state index contributed by atoms with van der Waals surface area (Å²) < 4.78 is 40.6. The van der Waals surface area contributed by atoms with Gasteiger partial charge in [-0.3, -0.25) is 9.71 Å². The van der Waals surface area contributed by atoms with Crippen LogP contribution >= 0.6 is 38.5 Å². The number of pyridine rings is 1. The first-order valence-electron chi connectivity index (χ1n) is 4.97. The lowest BCUT2D eigenvalue weighted by molar-refractivity contribution is 0.600. The van der Waals surface area contributed by atoms with Crippen molar-refractivity contribution in [2.45, 2.75) is 4.90 Å². The minimum atomic E-state index is -3.74. The maximum Gasteiger partial charge on any atom is 0.263 e. The van der Waals surface area contributed by atoms with E-state index >= 15 is 0 Å². The maximum absolute atomic E-state index is 13.0. The van der Waals surface area contributed by atoms with Gasteiger partial charge in [-0.25, -0.2) is 12.8 Å². The van der Waals surface area contributed by atoms with Crippen LogP contribution in [-0.2, 0) is 10.0 Å². The second-order valence-corrected chi connectivity index (χ2v) is 7.33. The second kappa shape index (κ2) is 5.71. The maximum atomic E-state index is 13.0. The van der Waals surface area contributed by atoms with Crippen LogP contribution < -0.4 is 4.72 Å². The van der Waals surface area contributed by atoms with Crippen LogP contribution in [0.4, 0.5) is 10.1 Å². The number of aromatic nitrogens is 1. The number of nitrogens with zero attached hydrogens (tertiary/aromatic N) is 1. The Morgan fingerprint density at radius 1 is 1.26 bits per heavy atom. The summed E-state index contributed by atoms with van der Waals surface area (Å²) in [4.78, 5) is 3.83. The number of halogens is 3. The highest BCUT2D eigenvalue weighted by atomic mass is 127. The molecule has 0 aliphatic heterocycles. The molecule has 0 unspecified atom stereocenters. The minimum absolute atomic E-state index is 0.0296. The van der Waals surface area contributed by atoms with E-state index in [1.54, 1.807) is 0 Å². The van der Waals surface area contributed by atoms with Crippen LogP contribution in [0, 0.1) is 9.39 Å². The second-order valence-electron chi connectivity index (χ2n) is 3.57. The lowest BCUT2D eigenvalue weighted by atomic mass is 10.3. The van der Waals surface area contributed by atoms with Crippen molar-refractivity contribution in [1.82, 2.24) is 4.98 Å². The van der Waals surface area contributed by atoms with Crippen molar-refractivity contribution >= 4 is 54.2 Å². The van der Waals surface area contributed by atoms with Gasteiger partial charge in [-0.15, -0.1) is 0 Å². The van der Waals surface area contributed by atoms with Crippen LogP contribution in [0.3, 0.4) is 0 Å². The van der Waals surface area contributed by atoms with Gasteiger partial charge in [-0.05, 0) is 62.8 Å². The van der Waals surface area contributed by atoms with Crippen LogP contribution in [0.25, 0.3) is 0 Å². The van der Waals surface area contributed by atoms with Crippen molar-refractivity contribution in [3.63, 3.8) is 0 Å². The standard InChI is InChI=1S/C11H7BrFIN2O2S/c12-7-3-9(6-15-5-7)19(17,18)16-11-2-1-8(13)4-10(11)14/h1-6,16H. The summed E-state index contributed by atoms with van der Waals surface area (Å²) in [5, 5.41) is 0. The van der Waals surface area contributed by atoms with E-state index in [-0.39, 0.29) is 4.90 Å². The first kappa shape index (κ1) is 14.7. The van der Waals surface area contributed by atoms with E-state index < -0.39 is 15.8 Å². The third-order valence-electron chi connectivity index (χ3n) is 2.17. The summed E-state index contributed by atoms with van der Waals surface area (Å²) in [7, 11) is -3.74. The molecule has 100 valence electrons. The molecule has 0 radical (unpaired) electrons. The Labute approximate surface area is 131 Å². The van der Waals surface area contributed by atoms with E-state index in [0.717, 1.165) is 0 Å². The number of anilines is 1. The normalized spacial score (nSPS) is 11.3. The highest BCUT2D eigenvalue weighted by molar-refractivity contribution is 14.1. The fourth-order valence-corrected chi connectivity index (χ4v) is 3.69. The molecule has 8 heteroatoms. The van der Waals surface area contributed by atoms with E-state index in [2.05, 4.69) is 25.6 Å². The average Bonchev–Trinajstić information content (AvgIpc) is 2.33. The van der Waals surface area contributed by atoms with E-state index in [1.807, 2.05) is 22.6 Å². The van der Waals surface area contributed by atoms with Gasteiger partial charge in [0.2, 0.25) is 0 Å². The van der Waals surface area contributed by atoms with Gasteiger partial charge in [-0.2, -0.15) is 0 Å². The monoisotopic (exact) mass is 456 g/mol. The molecule has 0 aliphatic rings. The van der Waals surface area contributed by atoms with Crippen LogP contribution in [0.5, 0.6) is 0 Å². The fourth-order valence-electron chi connectivity index (χ4n) is 1.32. The molecular formula is C11H7BrFIN2O2S. The molecule has 19 heavy (non-hydrogen) atoms. The Morgan fingerprint density at radius 2 is 2.00 bits per heavy atom. The third kappa shape index (κ3) is 3.63. The zero-order chi connectivity index (χ0) is 14.0. The van der Waals surface area contributed by atoms with Gasteiger partial charge in [0.15, 0.2) is 0 Å². The van der Waals surface area contributed by atoms with Crippen LogP contribution in [0.1, 0.15) is 0 Å². The van der Waals surface area contributed by atoms with Crippen LogP contribution in [0.15, 0.2) is 46.0 Å². The van der Waals surface area contributed by atoms with Crippen molar-refractivity contribution in [3.8, 4) is 0 Å². The molecule has 0 atom stereocenters. The van der Waals surface area contributed by atoms with Gasteiger partial charge >= 0.3 is 0 Å². The van der Waals surface area contributed by atoms with Crippen LogP contribution in [-0.4, -0.2) is 13.4 Å². The van der Waals surface area contributed by atoms with Gasteiger partial charge in [0, 0.05) is 20.4 Å². The summed E-state index contributed by atoms with van der Waals surface area (Å²) in [6.45, 7) is 0. The van der Waals surface area contributed by atoms with E-state index in [1.165, 1.54) is 36.7 Å². The Balaban J connectivity index is 2.36. The molecule has 0 saturated heterocycles. The fraction of sp³-hybridized carbons (Fsp3) is 0. The molecule has 2 aromatic rings. The number of hydrogen-bond acceptors (Lipinski definition) is 3. The molecule has 0 amide bonds. The summed E-state index contributed by atoms with van der Waals surface area (Å²) in [6.07, 6.45) is 2.73. The first-order valence-corrected chi connectivity index (χ1v) is 8.32. The van der Waals surface area contributed by atoms with Crippen molar-refractivity contribution in [1.29, 1.82) is 0 Å². The van der Waals surface area contributed by atoms with E-state index in [0.29, 0.717) is 13.7 Å². The summed E-state index contributed by atoms with van der Waals surface area (Å²) in [5.74, 6) is -0.420. The average molecular weight is 457 g/mol. The third-order valence-corrected chi connectivity index (χ3v) is 4.82. The molecule has 0 saturated carbocycles. The van der Waals surface area contributed by atoms with Crippen molar-refractivity contribution in [2.75, 3.05) is 4.72 Å². The molecule has 0 spiro atoms. The Morgan fingerprint density at radius 3 is 2.63 bits per heavy atom. The molecule has 1 heterocycles. The smallest absolute Gasteiger partial charge is 0.263 e. The minimum Gasteiger partial charge on any atom is -0.279 e. The van der Waals surface area contributed by atoms with Gasteiger partial charge in [0.05, 0.1) is 5.69 Å². The number of hydrogen-bond donors (Lipinski definition) is 1. The summed E-state index contributed by atoms with van der Waals surface area (Å²) in [6, 6.07) is 5.25. The van der Waals surface area contributed by atoms with Gasteiger partial charge in [-0.1, -0.05) is 0 Å². The van der Waals surface area contributed by atoms with Gasteiger partial charge in [0.1, 0.15) is 10.7 Å². The van der Waals surface area contributed by atoms with E-state index in [9.17, 15) is 12.8 Å². The van der Waals surface area contributed by atoms with Crippen molar-refractivity contribution in [3.05, 3.63) is 50.5 Å². The predicted octanol–water partition coefficient (Wildman–Crippen LogP) is 3.39. The summed E-state index contributed by atoms with van der Waals surface area (Å²) in [5.41, 5.74) is 0.321. The lowest BCUT2D eigenvalue weighted by Gasteiger charge is -2.09. The SMILES string of the molecule is O=S(=O)(Nc1ccc(F)cc1I)c1cncc(Br)c1. The van der Waals surface area contributed by atoms with Crippen LogP contribution in [0.2, 0.25) is 0 Å². The number of benzene rings is 1. The first-order chi connectivity index (χ1) is 8.88. The Hall–Kier alpha value is -0.740. The molecule has 4 nitrogen and oxygen atoms in total. The van der Waals surface area contributed by atoms with Crippen molar-refractivity contribution < 1.29 is 12.8 Å². The van der Waals surface area contributed by atoms with Crippen molar-refractivity contribution in [2.24, 2.45) is 0 Å². The highest BCUT2D eigenvalue weighted by Gasteiger charge is 2.16. The molecule has 0 bridgehead atoms.